The number of carbonyl (C=O) groups is 2. The normalized spacial score (nSPS) is 11.1. The van der Waals surface area contributed by atoms with Crippen molar-refractivity contribution in [3.63, 3.8) is 0 Å². The second-order valence-corrected chi connectivity index (χ2v) is 6.88. The second-order valence-electron chi connectivity index (χ2n) is 5.93. The van der Waals surface area contributed by atoms with E-state index in [-0.39, 0.29) is 12.5 Å². The summed E-state index contributed by atoms with van der Waals surface area (Å²) in [5.74, 6) is -0.481. The Bertz CT molecular complexity index is 678. The fourth-order valence-corrected chi connectivity index (χ4v) is 3.03. The standard InChI is InChI=1S/C18H21NO4S/c1-18(2,15-4-3-11-24-15)17(22)19-10-9-13-5-7-14(8-6-13)23-12-16(20)21/h3-8,11H,9-10,12H2,1-2H3,(H,19,22)(H,20,21). The van der Waals surface area contributed by atoms with Crippen LogP contribution in [-0.4, -0.2) is 30.1 Å². The van der Waals surface area contributed by atoms with Gasteiger partial charge in [-0.05, 0) is 49.4 Å². The van der Waals surface area contributed by atoms with Gasteiger partial charge in [0.05, 0.1) is 5.41 Å². The average molecular weight is 347 g/mol. The number of carboxylic acids is 1. The van der Waals surface area contributed by atoms with Crippen LogP contribution in [-0.2, 0) is 21.4 Å². The highest BCUT2D eigenvalue weighted by Gasteiger charge is 2.30. The number of rotatable bonds is 8. The van der Waals surface area contributed by atoms with Crippen LogP contribution in [0.4, 0.5) is 0 Å². The van der Waals surface area contributed by atoms with E-state index in [1.807, 2.05) is 43.5 Å². The number of carboxylic acid groups (broad SMARTS) is 1. The molecule has 128 valence electrons. The Morgan fingerprint density at radius 3 is 2.50 bits per heavy atom. The fourth-order valence-electron chi connectivity index (χ4n) is 2.18. The molecule has 0 saturated carbocycles. The zero-order chi connectivity index (χ0) is 17.6. The Hall–Kier alpha value is -2.34. The van der Waals surface area contributed by atoms with Crippen molar-refractivity contribution in [2.45, 2.75) is 25.7 Å². The molecule has 1 heterocycles. The van der Waals surface area contributed by atoms with Gasteiger partial charge in [0, 0.05) is 11.4 Å². The molecule has 0 aliphatic carbocycles. The van der Waals surface area contributed by atoms with Crippen LogP contribution in [0.3, 0.4) is 0 Å². The lowest BCUT2D eigenvalue weighted by molar-refractivity contribution is -0.139. The van der Waals surface area contributed by atoms with Gasteiger partial charge in [0.25, 0.3) is 0 Å². The van der Waals surface area contributed by atoms with Crippen molar-refractivity contribution in [3.05, 3.63) is 52.2 Å². The molecule has 0 aliphatic heterocycles. The summed E-state index contributed by atoms with van der Waals surface area (Å²) < 4.78 is 5.08. The minimum atomic E-state index is -1.00. The first-order valence-electron chi connectivity index (χ1n) is 7.65. The summed E-state index contributed by atoms with van der Waals surface area (Å²) in [4.78, 5) is 23.9. The summed E-state index contributed by atoms with van der Waals surface area (Å²) in [6, 6.07) is 11.1. The third-order valence-electron chi connectivity index (χ3n) is 3.69. The van der Waals surface area contributed by atoms with Gasteiger partial charge >= 0.3 is 5.97 Å². The molecule has 0 unspecified atom stereocenters. The Morgan fingerprint density at radius 2 is 1.92 bits per heavy atom. The van der Waals surface area contributed by atoms with Crippen molar-refractivity contribution < 1.29 is 19.4 Å². The number of hydrogen-bond donors (Lipinski definition) is 2. The van der Waals surface area contributed by atoms with E-state index in [2.05, 4.69) is 5.32 Å². The quantitative estimate of drug-likeness (QED) is 0.770. The maximum Gasteiger partial charge on any atom is 0.341 e. The minimum Gasteiger partial charge on any atom is -0.482 e. The summed E-state index contributed by atoms with van der Waals surface area (Å²) >= 11 is 1.58. The molecule has 0 fully saturated rings. The molecule has 0 bridgehead atoms. The molecule has 0 saturated heterocycles. The Labute approximate surface area is 145 Å². The van der Waals surface area contributed by atoms with Crippen LogP contribution in [0.1, 0.15) is 24.3 Å². The van der Waals surface area contributed by atoms with Gasteiger partial charge in [-0.2, -0.15) is 0 Å². The molecule has 24 heavy (non-hydrogen) atoms. The van der Waals surface area contributed by atoms with E-state index >= 15 is 0 Å². The van der Waals surface area contributed by atoms with Crippen LogP contribution in [0, 0.1) is 0 Å². The van der Waals surface area contributed by atoms with Crippen molar-refractivity contribution in [1.82, 2.24) is 5.32 Å². The lowest BCUT2D eigenvalue weighted by Crippen LogP contribution is -2.40. The second kappa shape index (κ2) is 7.97. The Balaban J connectivity index is 1.81. The van der Waals surface area contributed by atoms with Crippen LogP contribution in [0.2, 0.25) is 0 Å². The zero-order valence-corrected chi connectivity index (χ0v) is 14.6. The molecule has 0 radical (unpaired) electrons. The summed E-state index contributed by atoms with van der Waals surface area (Å²) in [7, 11) is 0. The molecular formula is C18H21NO4S. The van der Waals surface area contributed by atoms with Crippen molar-refractivity contribution in [3.8, 4) is 5.75 Å². The topological polar surface area (TPSA) is 75.6 Å². The van der Waals surface area contributed by atoms with Gasteiger partial charge in [0.2, 0.25) is 5.91 Å². The predicted octanol–water partition coefficient (Wildman–Crippen LogP) is 2.85. The third kappa shape index (κ3) is 4.83. The molecule has 6 heteroatoms. The van der Waals surface area contributed by atoms with E-state index < -0.39 is 11.4 Å². The van der Waals surface area contributed by atoms with E-state index in [1.165, 1.54) is 0 Å². The summed E-state index contributed by atoms with van der Waals surface area (Å²) in [6.45, 7) is 4.03. The number of thiophene rings is 1. The van der Waals surface area contributed by atoms with Crippen LogP contribution >= 0.6 is 11.3 Å². The summed E-state index contributed by atoms with van der Waals surface area (Å²) in [5.41, 5.74) is 0.509. The zero-order valence-electron chi connectivity index (χ0n) is 13.7. The van der Waals surface area contributed by atoms with Crippen molar-refractivity contribution in [2.24, 2.45) is 0 Å². The van der Waals surface area contributed by atoms with Gasteiger partial charge in [0.1, 0.15) is 5.75 Å². The molecule has 1 amide bonds. The summed E-state index contributed by atoms with van der Waals surface area (Å²) in [5, 5.41) is 13.5. The van der Waals surface area contributed by atoms with Crippen LogP contribution in [0.25, 0.3) is 0 Å². The van der Waals surface area contributed by atoms with Gasteiger partial charge in [-0.15, -0.1) is 11.3 Å². The van der Waals surface area contributed by atoms with Gasteiger partial charge in [-0.1, -0.05) is 18.2 Å². The van der Waals surface area contributed by atoms with E-state index in [0.717, 1.165) is 10.4 Å². The van der Waals surface area contributed by atoms with E-state index in [9.17, 15) is 9.59 Å². The predicted molar refractivity (Wildman–Crippen MR) is 93.6 cm³/mol. The number of amides is 1. The summed E-state index contributed by atoms with van der Waals surface area (Å²) in [6.07, 6.45) is 0.700. The third-order valence-corrected chi connectivity index (χ3v) is 4.88. The number of ether oxygens (including phenoxy) is 1. The van der Waals surface area contributed by atoms with Gasteiger partial charge < -0.3 is 15.2 Å². The first-order valence-corrected chi connectivity index (χ1v) is 8.53. The number of benzene rings is 1. The van der Waals surface area contributed by atoms with Crippen LogP contribution in [0.15, 0.2) is 41.8 Å². The van der Waals surface area contributed by atoms with Crippen molar-refractivity contribution in [2.75, 3.05) is 13.2 Å². The van der Waals surface area contributed by atoms with E-state index in [1.54, 1.807) is 23.5 Å². The van der Waals surface area contributed by atoms with Crippen molar-refractivity contribution in [1.29, 1.82) is 0 Å². The lowest BCUT2D eigenvalue weighted by Gasteiger charge is -2.22. The van der Waals surface area contributed by atoms with E-state index in [4.69, 9.17) is 9.84 Å². The first-order chi connectivity index (χ1) is 11.4. The number of carbonyl (C=O) groups excluding carboxylic acids is 1. The van der Waals surface area contributed by atoms with Gasteiger partial charge in [-0.3, -0.25) is 4.79 Å². The average Bonchev–Trinajstić information content (AvgIpc) is 3.09. The first kappa shape index (κ1) is 18.0. The molecule has 1 aromatic heterocycles. The van der Waals surface area contributed by atoms with Gasteiger partial charge in [-0.25, -0.2) is 4.79 Å². The lowest BCUT2D eigenvalue weighted by atomic mass is 9.90. The smallest absolute Gasteiger partial charge is 0.341 e. The largest absolute Gasteiger partial charge is 0.482 e. The molecule has 2 aromatic rings. The number of aliphatic carboxylic acids is 1. The molecule has 0 aliphatic rings. The van der Waals surface area contributed by atoms with Crippen LogP contribution < -0.4 is 10.1 Å². The minimum absolute atomic E-state index is 0.00589. The van der Waals surface area contributed by atoms with Crippen LogP contribution in [0.5, 0.6) is 5.75 Å². The maximum absolute atomic E-state index is 12.4. The number of hydrogen-bond acceptors (Lipinski definition) is 4. The molecule has 0 spiro atoms. The molecule has 1 aromatic carbocycles. The monoisotopic (exact) mass is 347 g/mol. The van der Waals surface area contributed by atoms with E-state index in [0.29, 0.717) is 18.7 Å². The molecule has 2 N–H and O–H groups in total. The Morgan fingerprint density at radius 1 is 1.21 bits per heavy atom. The highest BCUT2D eigenvalue weighted by molar-refractivity contribution is 7.10. The highest BCUT2D eigenvalue weighted by Crippen LogP contribution is 2.27. The SMILES string of the molecule is CC(C)(C(=O)NCCc1ccc(OCC(=O)O)cc1)c1cccs1. The van der Waals surface area contributed by atoms with Gasteiger partial charge in [0.15, 0.2) is 6.61 Å². The van der Waals surface area contributed by atoms with Crippen molar-refractivity contribution >= 4 is 23.2 Å². The molecular weight excluding hydrogens is 326 g/mol. The number of nitrogens with one attached hydrogen (secondary N) is 1. The maximum atomic E-state index is 12.4. The fraction of sp³-hybridized carbons (Fsp3) is 0.333. The Kier molecular flexibility index (Phi) is 5.98. The molecule has 2 rings (SSSR count). The molecule has 5 nitrogen and oxygen atoms in total. The highest BCUT2D eigenvalue weighted by atomic mass is 32.1. The molecule has 0 atom stereocenters.